The first-order chi connectivity index (χ1) is 8.49. The third-order valence-corrected chi connectivity index (χ3v) is 3.35. The lowest BCUT2D eigenvalue weighted by Gasteiger charge is -2.01. The molecule has 2 heterocycles. The van der Waals surface area contributed by atoms with Crippen molar-refractivity contribution in [1.29, 1.82) is 0 Å². The highest BCUT2D eigenvalue weighted by Crippen LogP contribution is 2.26. The number of aryl methyl sites for hydroxylation is 1. The lowest BCUT2D eigenvalue weighted by molar-refractivity contribution is 0.572. The van der Waals surface area contributed by atoms with E-state index in [9.17, 15) is 14.0 Å². The predicted molar refractivity (Wildman–Crippen MR) is 67.6 cm³/mol. The fourth-order valence-electron chi connectivity index (χ4n) is 1.97. The van der Waals surface area contributed by atoms with E-state index in [0.29, 0.717) is 11.1 Å². The summed E-state index contributed by atoms with van der Waals surface area (Å²) >= 11 is 2.82. The molecule has 0 fully saturated rings. The first-order valence-corrected chi connectivity index (χ1v) is 5.74. The van der Waals surface area contributed by atoms with Crippen LogP contribution in [0.15, 0.2) is 26.1 Å². The lowest BCUT2D eigenvalue weighted by atomic mass is 10.1. The maximum atomic E-state index is 13.8. The topological polar surface area (TPSA) is 68.0 Å². The van der Waals surface area contributed by atoms with Gasteiger partial charge in [-0.25, -0.2) is 9.18 Å². The zero-order valence-electron chi connectivity index (χ0n) is 9.08. The summed E-state index contributed by atoms with van der Waals surface area (Å²) in [6.45, 7) is 1.70. The van der Waals surface area contributed by atoms with Gasteiger partial charge in [0.2, 0.25) is 0 Å². The lowest BCUT2D eigenvalue weighted by Crippen LogP contribution is -2.29. The van der Waals surface area contributed by atoms with Crippen LogP contribution in [0.5, 0.6) is 0 Å². The molecule has 1 aromatic carbocycles. The van der Waals surface area contributed by atoms with E-state index in [0.717, 1.165) is 9.66 Å². The van der Waals surface area contributed by atoms with Crippen molar-refractivity contribution in [2.75, 3.05) is 0 Å². The summed E-state index contributed by atoms with van der Waals surface area (Å²) in [4.78, 5) is 25.7. The van der Waals surface area contributed by atoms with E-state index in [1.54, 1.807) is 13.0 Å². The minimum absolute atomic E-state index is 0.0818. The molecule has 7 heteroatoms. The second-order valence-electron chi connectivity index (χ2n) is 3.89. The highest BCUT2D eigenvalue weighted by Gasteiger charge is 2.16. The predicted octanol–water partition coefficient (Wildman–Crippen LogP) is 2.04. The molecule has 2 aromatic heterocycles. The summed E-state index contributed by atoms with van der Waals surface area (Å²) in [6.07, 6.45) is 0. The molecule has 3 rings (SSSR count). The van der Waals surface area contributed by atoms with E-state index in [2.05, 4.69) is 21.1 Å². The summed E-state index contributed by atoms with van der Waals surface area (Å²) in [5.74, 6) is -0.141. The monoisotopic (exact) mass is 312 g/mol. The summed E-state index contributed by atoms with van der Waals surface area (Å²) in [5, 5.41) is 0.552. The molecule has 0 saturated carbocycles. The van der Waals surface area contributed by atoms with E-state index in [1.807, 2.05) is 0 Å². The molecule has 0 spiro atoms. The Morgan fingerprint density at radius 1 is 1.39 bits per heavy atom. The zero-order chi connectivity index (χ0) is 13.0. The Balaban J connectivity index is 2.75. The van der Waals surface area contributed by atoms with Gasteiger partial charge in [-0.3, -0.25) is 4.79 Å². The maximum absolute atomic E-state index is 13.8. The molecule has 92 valence electrons. The number of fused-ring (bicyclic) bond motifs is 3. The molecule has 0 amide bonds. The fraction of sp³-hybridized carbons (Fsp3) is 0.0909. The molecular formula is C11H6BrFN2O3. The highest BCUT2D eigenvalue weighted by atomic mass is 79.9. The van der Waals surface area contributed by atoms with Crippen molar-refractivity contribution in [3.8, 4) is 0 Å². The van der Waals surface area contributed by atoms with Crippen LogP contribution < -0.4 is 11.2 Å². The Bertz CT molecular complexity index is 906. The van der Waals surface area contributed by atoms with Gasteiger partial charge in [0.1, 0.15) is 11.3 Å². The van der Waals surface area contributed by atoms with E-state index < -0.39 is 17.1 Å². The molecule has 0 saturated heterocycles. The average molecular weight is 313 g/mol. The number of aromatic amines is 1. The van der Waals surface area contributed by atoms with Crippen LogP contribution in [0.25, 0.3) is 21.9 Å². The van der Waals surface area contributed by atoms with Crippen molar-refractivity contribution in [3.63, 3.8) is 0 Å². The second kappa shape index (κ2) is 3.55. The van der Waals surface area contributed by atoms with Gasteiger partial charge in [0, 0.05) is 11.5 Å². The number of nitrogens with one attached hydrogen (secondary N) is 1. The molecular weight excluding hydrogens is 307 g/mol. The van der Waals surface area contributed by atoms with Crippen LogP contribution in [0, 0.1) is 12.7 Å². The van der Waals surface area contributed by atoms with Gasteiger partial charge in [-0.2, -0.15) is 3.59 Å². The molecule has 18 heavy (non-hydrogen) atoms. The Kier molecular flexibility index (Phi) is 2.21. The van der Waals surface area contributed by atoms with Crippen LogP contribution in [0.3, 0.4) is 0 Å². The number of nitrogens with zero attached hydrogens (tertiary/aromatic N) is 1. The van der Waals surface area contributed by atoms with Crippen molar-refractivity contribution >= 4 is 38.0 Å². The van der Waals surface area contributed by atoms with Crippen LogP contribution in [-0.2, 0) is 0 Å². The van der Waals surface area contributed by atoms with Crippen LogP contribution in [0.1, 0.15) is 5.76 Å². The number of aromatic nitrogens is 2. The number of benzene rings is 1. The summed E-state index contributed by atoms with van der Waals surface area (Å²) in [5.41, 5.74) is -1.20. The van der Waals surface area contributed by atoms with Crippen molar-refractivity contribution < 1.29 is 8.81 Å². The molecule has 0 aliphatic rings. The number of furan rings is 1. The number of H-pyrrole nitrogens is 1. The average Bonchev–Trinajstić information content (AvgIpc) is 2.66. The van der Waals surface area contributed by atoms with Crippen LogP contribution in [-0.4, -0.2) is 8.58 Å². The molecule has 0 atom stereocenters. The van der Waals surface area contributed by atoms with Crippen LogP contribution in [0.4, 0.5) is 4.39 Å². The smallest absolute Gasteiger partial charge is 0.339 e. The quantitative estimate of drug-likeness (QED) is 0.690. The van der Waals surface area contributed by atoms with Crippen LogP contribution in [0.2, 0.25) is 0 Å². The van der Waals surface area contributed by atoms with Crippen molar-refractivity contribution in [1.82, 2.24) is 8.58 Å². The number of rotatable bonds is 0. The molecule has 3 aromatic rings. The number of hydrogen-bond donors (Lipinski definition) is 1. The number of halogens is 2. The van der Waals surface area contributed by atoms with E-state index in [-0.39, 0.29) is 16.5 Å². The summed E-state index contributed by atoms with van der Waals surface area (Å²) < 4.78 is 19.8. The molecule has 0 aliphatic heterocycles. The van der Waals surface area contributed by atoms with Gasteiger partial charge in [0.05, 0.1) is 27.1 Å². The van der Waals surface area contributed by atoms with Crippen LogP contribution >= 0.6 is 16.1 Å². The van der Waals surface area contributed by atoms with E-state index in [4.69, 9.17) is 4.42 Å². The van der Waals surface area contributed by atoms with Gasteiger partial charge >= 0.3 is 5.69 Å². The first kappa shape index (κ1) is 11.2. The largest absolute Gasteiger partial charge is 0.461 e. The fourth-order valence-corrected chi connectivity index (χ4v) is 2.23. The Hall–Kier alpha value is -1.89. The Labute approximate surface area is 107 Å². The highest BCUT2D eigenvalue weighted by molar-refractivity contribution is 9.08. The van der Waals surface area contributed by atoms with Gasteiger partial charge < -0.3 is 9.40 Å². The second-order valence-corrected chi connectivity index (χ2v) is 4.60. The molecule has 1 N–H and O–H groups in total. The Morgan fingerprint density at radius 2 is 2.11 bits per heavy atom. The van der Waals surface area contributed by atoms with Gasteiger partial charge in [-0.05, 0) is 13.0 Å². The van der Waals surface area contributed by atoms with Crippen molar-refractivity contribution in [3.05, 3.63) is 44.5 Å². The standard InChI is InChI=1S/C11H6BrFN2O3/c1-4-2-5-7(18-4)3-6(13)9-8(5)10(16)15(12)11(17)14-9/h2-3H,1H3,(H,14,17). The molecule has 0 radical (unpaired) electrons. The van der Waals surface area contributed by atoms with Gasteiger partial charge in [0.15, 0.2) is 5.82 Å². The first-order valence-electron chi connectivity index (χ1n) is 5.03. The molecule has 0 bridgehead atoms. The third-order valence-electron chi connectivity index (χ3n) is 2.70. The van der Waals surface area contributed by atoms with E-state index in [1.165, 1.54) is 0 Å². The molecule has 0 unspecified atom stereocenters. The molecule has 0 aliphatic carbocycles. The Morgan fingerprint density at radius 3 is 2.83 bits per heavy atom. The zero-order valence-corrected chi connectivity index (χ0v) is 10.7. The minimum Gasteiger partial charge on any atom is -0.461 e. The van der Waals surface area contributed by atoms with Crippen molar-refractivity contribution in [2.24, 2.45) is 0 Å². The summed E-state index contributed by atoms with van der Waals surface area (Å²) in [6, 6.07) is 2.78. The number of hydrogen-bond acceptors (Lipinski definition) is 3. The minimum atomic E-state index is -0.731. The van der Waals surface area contributed by atoms with Gasteiger partial charge in [0.25, 0.3) is 5.56 Å². The maximum Gasteiger partial charge on any atom is 0.339 e. The van der Waals surface area contributed by atoms with Crippen molar-refractivity contribution in [2.45, 2.75) is 6.92 Å². The van der Waals surface area contributed by atoms with Gasteiger partial charge in [-0.15, -0.1) is 0 Å². The molecule has 5 nitrogen and oxygen atoms in total. The SMILES string of the molecule is Cc1cc2c(cc(F)c3[nH]c(=O)n(Br)c(=O)c32)o1. The van der Waals surface area contributed by atoms with Gasteiger partial charge in [-0.1, -0.05) is 0 Å². The van der Waals surface area contributed by atoms with E-state index >= 15 is 0 Å². The summed E-state index contributed by atoms with van der Waals surface area (Å²) in [7, 11) is 0. The normalized spacial score (nSPS) is 11.5. The third kappa shape index (κ3) is 1.37.